The van der Waals surface area contributed by atoms with Crippen molar-refractivity contribution >= 4 is 27.3 Å². The van der Waals surface area contributed by atoms with Crippen molar-refractivity contribution in [3.8, 4) is 5.75 Å². The molecule has 0 bridgehead atoms. The third-order valence-electron chi connectivity index (χ3n) is 4.20. The Hall–Kier alpha value is -2.12. The van der Waals surface area contributed by atoms with E-state index in [2.05, 4.69) is 5.32 Å². The van der Waals surface area contributed by atoms with Gasteiger partial charge in [-0.15, -0.1) is 0 Å². The highest BCUT2D eigenvalue weighted by atomic mass is 35.5. The summed E-state index contributed by atoms with van der Waals surface area (Å²) in [6.07, 6.45) is 1.05. The summed E-state index contributed by atoms with van der Waals surface area (Å²) in [5, 5.41) is 2.95. The van der Waals surface area contributed by atoms with Crippen LogP contribution < -0.4 is 10.1 Å². The number of sulfone groups is 1. The molecule has 2 aromatic rings. The van der Waals surface area contributed by atoms with Crippen molar-refractivity contribution in [1.82, 2.24) is 5.32 Å². The molecule has 1 atom stereocenters. The lowest BCUT2D eigenvalue weighted by Crippen LogP contribution is -2.47. The fraction of sp³-hybridized carbons (Fsp3) is 0.350. The maximum absolute atomic E-state index is 13.8. The number of amides is 1. The van der Waals surface area contributed by atoms with Crippen molar-refractivity contribution in [3.63, 3.8) is 0 Å². The molecule has 0 aliphatic carbocycles. The molecule has 0 saturated carbocycles. The predicted octanol–water partition coefficient (Wildman–Crippen LogP) is 4.11. The first-order chi connectivity index (χ1) is 12.9. The number of benzene rings is 2. The Morgan fingerprint density at radius 1 is 1.21 bits per heavy atom. The molecule has 0 heterocycles. The van der Waals surface area contributed by atoms with Crippen LogP contribution >= 0.6 is 11.6 Å². The van der Waals surface area contributed by atoms with Crippen LogP contribution in [0.1, 0.15) is 31.1 Å². The fourth-order valence-corrected chi connectivity index (χ4v) is 3.24. The van der Waals surface area contributed by atoms with Gasteiger partial charge in [0.15, 0.2) is 21.4 Å². The highest BCUT2D eigenvalue weighted by Gasteiger charge is 2.28. The third-order valence-corrected chi connectivity index (χ3v) is 5.64. The summed E-state index contributed by atoms with van der Waals surface area (Å²) in [6.45, 7) is 5.73. The number of ether oxygens (including phenoxy) is 1. The number of para-hydroxylation sites is 1. The number of rotatable bonds is 6. The van der Waals surface area contributed by atoms with Crippen molar-refractivity contribution in [2.75, 3.05) is 12.9 Å². The lowest BCUT2D eigenvalue weighted by Gasteiger charge is -2.31. The Morgan fingerprint density at radius 2 is 1.86 bits per heavy atom. The van der Waals surface area contributed by atoms with Crippen LogP contribution in [0.15, 0.2) is 47.4 Å². The number of halogens is 2. The molecule has 0 aromatic heterocycles. The van der Waals surface area contributed by atoms with Crippen LogP contribution in [0.2, 0.25) is 5.02 Å². The van der Waals surface area contributed by atoms with E-state index in [1.807, 2.05) is 20.8 Å². The van der Waals surface area contributed by atoms with E-state index in [9.17, 15) is 17.6 Å². The van der Waals surface area contributed by atoms with Gasteiger partial charge in [-0.25, -0.2) is 12.8 Å². The van der Waals surface area contributed by atoms with Gasteiger partial charge in [0.1, 0.15) is 6.61 Å². The molecule has 0 fully saturated rings. The standard InChI is InChI=1S/C20H23ClFNO4S/c1-20(2,3)18(12-27-17-8-6-5-7-16(17)22)23-19(24)14-11-13(28(4,25)26)9-10-15(14)21/h5-11,18H,12H2,1-4H3,(H,23,24). The first-order valence-corrected chi connectivity index (χ1v) is 10.8. The molecule has 152 valence electrons. The van der Waals surface area contributed by atoms with Gasteiger partial charge < -0.3 is 10.1 Å². The quantitative estimate of drug-likeness (QED) is 0.753. The zero-order valence-electron chi connectivity index (χ0n) is 16.1. The van der Waals surface area contributed by atoms with E-state index in [0.29, 0.717) is 0 Å². The van der Waals surface area contributed by atoms with Crippen LogP contribution in [0.3, 0.4) is 0 Å². The van der Waals surface area contributed by atoms with Crippen molar-refractivity contribution in [2.45, 2.75) is 31.7 Å². The van der Waals surface area contributed by atoms with Gasteiger partial charge in [-0.1, -0.05) is 44.5 Å². The Bertz CT molecular complexity index is 970. The van der Waals surface area contributed by atoms with Crippen LogP contribution in [0.4, 0.5) is 4.39 Å². The van der Waals surface area contributed by atoms with Gasteiger partial charge in [-0.05, 0) is 35.7 Å². The maximum atomic E-state index is 13.8. The van der Waals surface area contributed by atoms with E-state index in [0.717, 1.165) is 6.26 Å². The van der Waals surface area contributed by atoms with Crippen LogP contribution in [-0.4, -0.2) is 33.2 Å². The molecule has 0 aliphatic rings. The second-order valence-corrected chi connectivity index (χ2v) is 9.97. The Labute approximate surface area is 169 Å². The molecular weight excluding hydrogens is 405 g/mol. The number of carbonyl (C=O) groups is 1. The molecule has 1 N–H and O–H groups in total. The van der Waals surface area contributed by atoms with Crippen LogP contribution in [0.5, 0.6) is 5.75 Å². The van der Waals surface area contributed by atoms with Crippen molar-refractivity contribution in [1.29, 1.82) is 0 Å². The van der Waals surface area contributed by atoms with Crippen molar-refractivity contribution < 1.29 is 22.3 Å². The van der Waals surface area contributed by atoms with E-state index in [4.69, 9.17) is 16.3 Å². The van der Waals surface area contributed by atoms with E-state index in [1.54, 1.807) is 12.1 Å². The van der Waals surface area contributed by atoms with Gasteiger partial charge in [-0.3, -0.25) is 4.79 Å². The number of hydrogen-bond donors (Lipinski definition) is 1. The zero-order valence-corrected chi connectivity index (χ0v) is 17.7. The van der Waals surface area contributed by atoms with Gasteiger partial charge in [-0.2, -0.15) is 0 Å². The summed E-state index contributed by atoms with van der Waals surface area (Å²) in [4.78, 5) is 12.8. The van der Waals surface area contributed by atoms with Gasteiger partial charge in [0.05, 0.1) is 21.5 Å². The molecule has 1 unspecified atom stereocenters. The van der Waals surface area contributed by atoms with E-state index in [1.165, 1.54) is 30.3 Å². The van der Waals surface area contributed by atoms with Crippen molar-refractivity contribution in [2.24, 2.45) is 5.41 Å². The summed E-state index contributed by atoms with van der Waals surface area (Å²) < 4.78 is 42.9. The zero-order chi connectivity index (χ0) is 21.1. The predicted molar refractivity (Wildman–Crippen MR) is 107 cm³/mol. The molecule has 2 aromatic carbocycles. The normalized spacial score (nSPS) is 13.1. The van der Waals surface area contributed by atoms with Crippen LogP contribution in [-0.2, 0) is 9.84 Å². The molecular formula is C20H23ClFNO4S. The Balaban J connectivity index is 2.23. The minimum Gasteiger partial charge on any atom is -0.488 e. The summed E-state index contributed by atoms with van der Waals surface area (Å²) in [5.74, 6) is -0.943. The molecule has 28 heavy (non-hydrogen) atoms. The highest BCUT2D eigenvalue weighted by Crippen LogP contribution is 2.25. The number of hydrogen-bond acceptors (Lipinski definition) is 4. The topological polar surface area (TPSA) is 72.5 Å². The molecule has 1 amide bonds. The SMILES string of the molecule is CC(C)(C)C(COc1ccccc1F)NC(=O)c1cc(S(C)(=O)=O)ccc1Cl. The smallest absolute Gasteiger partial charge is 0.253 e. The molecule has 5 nitrogen and oxygen atoms in total. The van der Waals surface area contributed by atoms with Gasteiger partial charge in [0.25, 0.3) is 5.91 Å². The molecule has 0 radical (unpaired) electrons. The maximum Gasteiger partial charge on any atom is 0.253 e. The minimum absolute atomic E-state index is 0.00281. The third kappa shape index (κ3) is 5.69. The first kappa shape index (κ1) is 22.2. The second-order valence-electron chi connectivity index (χ2n) is 7.55. The molecule has 2 rings (SSSR count). The van der Waals surface area contributed by atoms with Crippen molar-refractivity contribution in [3.05, 3.63) is 58.9 Å². The average Bonchev–Trinajstić information content (AvgIpc) is 2.58. The lowest BCUT2D eigenvalue weighted by molar-refractivity contribution is 0.0860. The summed E-state index contributed by atoms with van der Waals surface area (Å²) in [6, 6.07) is 9.47. The summed E-state index contributed by atoms with van der Waals surface area (Å²) >= 11 is 6.10. The highest BCUT2D eigenvalue weighted by molar-refractivity contribution is 7.90. The van der Waals surface area contributed by atoms with Crippen LogP contribution in [0.25, 0.3) is 0 Å². The number of carbonyl (C=O) groups excluding carboxylic acids is 1. The van der Waals surface area contributed by atoms with Gasteiger partial charge in [0.2, 0.25) is 0 Å². The molecule has 0 saturated heterocycles. The minimum atomic E-state index is -3.49. The fourth-order valence-electron chi connectivity index (χ4n) is 2.39. The van der Waals surface area contributed by atoms with Gasteiger partial charge >= 0.3 is 0 Å². The molecule has 8 heteroatoms. The largest absolute Gasteiger partial charge is 0.488 e. The summed E-state index contributed by atoms with van der Waals surface area (Å²) in [5.41, 5.74) is -0.369. The molecule has 0 aliphatic heterocycles. The first-order valence-electron chi connectivity index (χ1n) is 8.57. The average molecular weight is 428 g/mol. The second kappa shape index (κ2) is 8.49. The Kier molecular flexibility index (Phi) is 6.72. The van der Waals surface area contributed by atoms with E-state index < -0.39 is 33.0 Å². The lowest BCUT2D eigenvalue weighted by atomic mass is 9.87. The van der Waals surface area contributed by atoms with E-state index >= 15 is 0 Å². The Morgan fingerprint density at radius 3 is 2.43 bits per heavy atom. The van der Waals surface area contributed by atoms with E-state index in [-0.39, 0.29) is 27.8 Å². The van der Waals surface area contributed by atoms with Crippen LogP contribution in [0, 0.1) is 11.2 Å². The monoisotopic (exact) mass is 427 g/mol. The summed E-state index contributed by atoms with van der Waals surface area (Å²) in [7, 11) is -3.49. The molecule has 0 spiro atoms. The number of nitrogens with one attached hydrogen (secondary N) is 1. The van der Waals surface area contributed by atoms with Gasteiger partial charge in [0, 0.05) is 6.26 Å².